The van der Waals surface area contributed by atoms with Crippen molar-refractivity contribution in [2.45, 2.75) is 39.3 Å². The van der Waals surface area contributed by atoms with E-state index in [4.69, 9.17) is 0 Å². The highest BCUT2D eigenvalue weighted by Crippen LogP contribution is 2.17. The van der Waals surface area contributed by atoms with Gasteiger partial charge in [0.25, 0.3) is 5.91 Å². The van der Waals surface area contributed by atoms with E-state index < -0.39 is 0 Å². The number of amides is 1. The number of nitrogens with zero attached hydrogens (tertiary/aromatic N) is 4. The van der Waals surface area contributed by atoms with E-state index in [-0.39, 0.29) is 5.91 Å². The second-order valence-corrected chi connectivity index (χ2v) is 7.07. The minimum absolute atomic E-state index is 0.00969. The Morgan fingerprint density at radius 2 is 2.00 bits per heavy atom. The standard InChI is InChI=1S/C19H27N5O/c1-15-7-9-23(10-8-15)16(2)11-21-19(25)18-5-3-17(4-6-18)12-24-14-20-13-22-24/h3-6,13-16H,7-12H2,1-2H3,(H,21,25)/t16-/m0/s1. The third kappa shape index (κ3) is 4.89. The molecule has 0 radical (unpaired) electrons. The zero-order chi connectivity index (χ0) is 17.6. The van der Waals surface area contributed by atoms with Crippen LogP contribution in [0, 0.1) is 5.92 Å². The Balaban J connectivity index is 1.47. The van der Waals surface area contributed by atoms with E-state index in [2.05, 4.69) is 34.1 Å². The second-order valence-electron chi connectivity index (χ2n) is 7.07. The first-order chi connectivity index (χ1) is 12.1. The first-order valence-corrected chi connectivity index (χ1v) is 9.05. The average molecular weight is 341 g/mol. The molecule has 0 bridgehead atoms. The molecule has 1 amide bonds. The molecule has 2 heterocycles. The van der Waals surface area contributed by atoms with Gasteiger partial charge in [-0.2, -0.15) is 5.10 Å². The number of hydrogen-bond donors (Lipinski definition) is 1. The van der Waals surface area contributed by atoms with E-state index in [1.54, 1.807) is 11.0 Å². The van der Waals surface area contributed by atoms with Gasteiger partial charge in [-0.15, -0.1) is 0 Å². The summed E-state index contributed by atoms with van der Waals surface area (Å²) in [7, 11) is 0. The van der Waals surface area contributed by atoms with Gasteiger partial charge in [0.2, 0.25) is 0 Å². The van der Waals surface area contributed by atoms with Gasteiger partial charge in [-0.3, -0.25) is 9.69 Å². The first-order valence-electron chi connectivity index (χ1n) is 9.05. The number of nitrogens with one attached hydrogen (secondary N) is 1. The van der Waals surface area contributed by atoms with Crippen LogP contribution in [0.4, 0.5) is 0 Å². The smallest absolute Gasteiger partial charge is 0.251 e. The van der Waals surface area contributed by atoms with Crippen molar-refractivity contribution in [2.24, 2.45) is 5.92 Å². The molecule has 2 aromatic rings. The topological polar surface area (TPSA) is 63.1 Å². The largest absolute Gasteiger partial charge is 0.350 e. The molecule has 1 N–H and O–H groups in total. The third-order valence-corrected chi connectivity index (χ3v) is 5.03. The Bertz CT molecular complexity index is 660. The van der Waals surface area contributed by atoms with E-state index in [9.17, 15) is 4.79 Å². The molecule has 1 aromatic carbocycles. The fourth-order valence-corrected chi connectivity index (χ4v) is 3.20. The Morgan fingerprint density at radius 3 is 2.64 bits per heavy atom. The van der Waals surface area contributed by atoms with Gasteiger partial charge in [-0.25, -0.2) is 9.67 Å². The van der Waals surface area contributed by atoms with Crippen molar-refractivity contribution in [1.29, 1.82) is 0 Å². The first kappa shape index (κ1) is 17.6. The predicted molar refractivity (Wildman–Crippen MR) is 97.3 cm³/mol. The fourth-order valence-electron chi connectivity index (χ4n) is 3.20. The van der Waals surface area contributed by atoms with Crippen LogP contribution in [0.15, 0.2) is 36.9 Å². The van der Waals surface area contributed by atoms with E-state index in [1.165, 1.54) is 19.2 Å². The molecule has 0 saturated carbocycles. The van der Waals surface area contributed by atoms with Crippen LogP contribution in [-0.2, 0) is 6.54 Å². The zero-order valence-corrected chi connectivity index (χ0v) is 15.1. The highest BCUT2D eigenvalue weighted by molar-refractivity contribution is 5.94. The number of carbonyl (C=O) groups excluding carboxylic acids is 1. The Morgan fingerprint density at radius 1 is 1.28 bits per heavy atom. The lowest BCUT2D eigenvalue weighted by atomic mass is 9.98. The Labute approximate surface area is 149 Å². The van der Waals surface area contributed by atoms with E-state index >= 15 is 0 Å². The second kappa shape index (κ2) is 8.25. The maximum absolute atomic E-state index is 12.4. The third-order valence-electron chi connectivity index (χ3n) is 5.03. The molecule has 0 spiro atoms. The predicted octanol–water partition coefficient (Wildman–Crippen LogP) is 2.18. The molecule has 25 heavy (non-hydrogen) atoms. The highest BCUT2D eigenvalue weighted by atomic mass is 16.1. The van der Waals surface area contributed by atoms with E-state index in [0.29, 0.717) is 24.7 Å². The molecule has 0 unspecified atom stereocenters. The van der Waals surface area contributed by atoms with Crippen LogP contribution in [-0.4, -0.2) is 51.2 Å². The van der Waals surface area contributed by atoms with E-state index in [0.717, 1.165) is 24.6 Å². The summed E-state index contributed by atoms with van der Waals surface area (Å²) in [6.07, 6.45) is 5.71. The van der Waals surface area contributed by atoms with Gasteiger partial charge in [0.1, 0.15) is 12.7 Å². The Kier molecular flexibility index (Phi) is 5.81. The van der Waals surface area contributed by atoms with Gasteiger partial charge < -0.3 is 5.32 Å². The van der Waals surface area contributed by atoms with Crippen molar-refractivity contribution in [2.75, 3.05) is 19.6 Å². The lowest BCUT2D eigenvalue weighted by Crippen LogP contribution is -2.45. The lowest BCUT2D eigenvalue weighted by Gasteiger charge is -2.35. The normalized spacial score (nSPS) is 17.4. The molecule has 1 aliphatic heterocycles. The van der Waals surface area contributed by atoms with Gasteiger partial charge in [0.05, 0.1) is 6.54 Å². The van der Waals surface area contributed by atoms with Crippen LogP contribution in [0.25, 0.3) is 0 Å². The van der Waals surface area contributed by atoms with Crippen LogP contribution in [0.2, 0.25) is 0 Å². The number of piperidine rings is 1. The summed E-state index contributed by atoms with van der Waals surface area (Å²) in [5.41, 5.74) is 1.79. The average Bonchev–Trinajstić information content (AvgIpc) is 3.13. The molecule has 0 aliphatic carbocycles. The summed E-state index contributed by atoms with van der Waals surface area (Å²) < 4.78 is 1.76. The molecule has 1 saturated heterocycles. The van der Waals surface area contributed by atoms with Crippen molar-refractivity contribution < 1.29 is 4.79 Å². The highest BCUT2D eigenvalue weighted by Gasteiger charge is 2.20. The van der Waals surface area contributed by atoms with Crippen molar-refractivity contribution in [3.63, 3.8) is 0 Å². The molecule has 134 valence electrons. The molecule has 1 atom stereocenters. The Hall–Kier alpha value is -2.21. The van der Waals surface area contributed by atoms with Crippen molar-refractivity contribution in [3.05, 3.63) is 48.0 Å². The number of aromatic nitrogens is 3. The zero-order valence-electron chi connectivity index (χ0n) is 15.1. The van der Waals surface area contributed by atoms with E-state index in [1.807, 2.05) is 24.3 Å². The SMILES string of the molecule is CC1CCN([C@@H](C)CNC(=O)c2ccc(Cn3cncn3)cc2)CC1. The van der Waals surface area contributed by atoms with Crippen LogP contribution in [0.5, 0.6) is 0 Å². The van der Waals surface area contributed by atoms with Crippen molar-refractivity contribution in [1.82, 2.24) is 25.0 Å². The molecule has 1 aromatic heterocycles. The molecule has 6 heteroatoms. The maximum Gasteiger partial charge on any atom is 0.251 e. The summed E-state index contributed by atoms with van der Waals surface area (Å²) in [6, 6.07) is 8.05. The summed E-state index contributed by atoms with van der Waals surface area (Å²) in [5.74, 6) is 0.818. The van der Waals surface area contributed by atoms with Crippen molar-refractivity contribution >= 4 is 5.91 Å². The number of likely N-dealkylation sites (tertiary alicyclic amines) is 1. The summed E-state index contributed by atoms with van der Waals surface area (Å²) in [4.78, 5) is 18.8. The minimum atomic E-state index is -0.00969. The molecule has 6 nitrogen and oxygen atoms in total. The number of carbonyl (C=O) groups is 1. The lowest BCUT2D eigenvalue weighted by molar-refractivity contribution is 0.0921. The summed E-state index contributed by atoms with van der Waals surface area (Å²) in [5, 5.41) is 7.15. The summed E-state index contributed by atoms with van der Waals surface area (Å²) >= 11 is 0. The summed E-state index contributed by atoms with van der Waals surface area (Å²) in [6.45, 7) is 8.12. The molecule has 3 rings (SSSR count). The molecular formula is C19H27N5O. The molecular weight excluding hydrogens is 314 g/mol. The monoisotopic (exact) mass is 341 g/mol. The minimum Gasteiger partial charge on any atom is -0.350 e. The van der Waals surface area contributed by atoms with Gasteiger partial charge in [-0.1, -0.05) is 19.1 Å². The number of benzene rings is 1. The fraction of sp³-hybridized carbons (Fsp3) is 0.526. The van der Waals surface area contributed by atoms with Crippen LogP contribution in [0.3, 0.4) is 0 Å². The van der Waals surface area contributed by atoms with Crippen LogP contribution < -0.4 is 5.32 Å². The van der Waals surface area contributed by atoms with Crippen LogP contribution >= 0.6 is 0 Å². The quantitative estimate of drug-likeness (QED) is 0.875. The van der Waals surface area contributed by atoms with Gasteiger partial charge in [-0.05, 0) is 56.5 Å². The van der Waals surface area contributed by atoms with Crippen LogP contribution in [0.1, 0.15) is 42.6 Å². The molecule has 1 fully saturated rings. The number of rotatable bonds is 6. The maximum atomic E-state index is 12.4. The van der Waals surface area contributed by atoms with Crippen molar-refractivity contribution in [3.8, 4) is 0 Å². The number of hydrogen-bond acceptors (Lipinski definition) is 4. The van der Waals surface area contributed by atoms with Gasteiger partial charge in [0.15, 0.2) is 0 Å². The van der Waals surface area contributed by atoms with Gasteiger partial charge in [0, 0.05) is 18.2 Å². The molecule has 1 aliphatic rings. The van der Waals surface area contributed by atoms with Gasteiger partial charge >= 0.3 is 0 Å².